The molecule has 0 amide bonds. The minimum absolute atomic E-state index is 0.254. The molecule has 3 rings (SSSR count). The second kappa shape index (κ2) is 6.08. The lowest BCUT2D eigenvalue weighted by atomic mass is 10.2. The average Bonchev–Trinajstić information content (AvgIpc) is 3.13. The Hall–Kier alpha value is -0.890. The molecule has 7 heteroatoms. The maximum absolute atomic E-state index is 12.4. The molecule has 1 saturated carbocycles. The normalized spacial score (nSPS) is 15.1. The molecule has 1 aliphatic rings. The molecule has 1 fully saturated rings. The number of hydrogen-bond donors (Lipinski definition) is 2. The van der Waals surface area contributed by atoms with Crippen LogP contribution in [0, 0.1) is 0 Å². The average molecular weight is 387 g/mol. The van der Waals surface area contributed by atoms with Crippen LogP contribution in [0.15, 0.2) is 44.4 Å². The van der Waals surface area contributed by atoms with Crippen LogP contribution in [-0.2, 0) is 16.6 Å². The van der Waals surface area contributed by atoms with E-state index < -0.39 is 10.0 Å². The van der Waals surface area contributed by atoms with Crippen LogP contribution in [0.2, 0.25) is 0 Å². The zero-order chi connectivity index (χ0) is 14.9. The quantitative estimate of drug-likeness (QED) is 0.797. The Morgan fingerprint density at radius 2 is 2.10 bits per heavy atom. The molecule has 0 unspecified atom stereocenters. The highest BCUT2D eigenvalue weighted by Crippen LogP contribution is 2.26. The van der Waals surface area contributed by atoms with E-state index in [2.05, 4.69) is 26.0 Å². The molecule has 1 aliphatic carbocycles. The summed E-state index contributed by atoms with van der Waals surface area (Å²) in [6, 6.07) is 7.72. The first-order valence-electron chi connectivity index (χ1n) is 6.61. The van der Waals surface area contributed by atoms with Gasteiger partial charge in [-0.05, 0) is 57.9 Å². The van der Waals surface area contributed by atoms with Crippen LogP contribution < -0.4 is 10.0 Å². The Morgan fingerprint density at radius 3 is 2.71 bits per heavy atom. The van der Waals surface area contributed by atoms with E-state index in [1.165, 1.54) is 24.2 Å². The standard InChI is InChI=1S/C14H15BrN2O2S2/c15-13-7-10(8-16-11-2-3-11)1-4-14(13)21(18,19)17-12-5-6-20-9-12/h1,4-7,9,11,16-17H,2-3,8H2. The third kappa shape index (κ3) is 3.85. The van der Waals surface area contributed by atoms with Gasteiger partial charge in [-0.1, -0.05) is 6.07 Å². The van der Waals surface area contributed by atoms with Gasteiger partial charge < -0.3 is 5.32 Å². The van der Waals surface area contributed by atoms with Crippen molar-refractivity contribution in [2.45, 2.75) is 30.3 Å². The molecule has 0 spiro atoms. The monoisotopic (exact) mass is 386 g/mol. The van der Waals surface area contributed by atoms with Crippen LogP contribution in [0.4, 0.5) is 5.69 Å². The van der Waals surface area contributed by atoms with Crippen LogP contribution in [0.5, 0.6) is 0 Å². The molecule has 0 atom stereocenters. The summed E-state index contributed by atoms with van der Waals surface area (Å²) in [4.78, 5) is 0.254. The van der Waals surface area contributed by atoms with Crippen LogP contribution in [0.25, 0.3) is 0 Å². The minimum atomic E-state index is -3.56. The second-order valence-electron chi connectivity index (χ2n) is 5.04. The first kappa shape index (κ1) is 15.0. The van der Waals surface area contributed by atoms with Crippen LogP contribution in [0.1, 0.15) is 18.4 Å². The van der Waals surface area contributed by atoms with E-state index in [4.69, 9.17) is 0 Å². The Labute approximate surface area is 136 Å². The molecule has 0 aliphatic heterocycles. The van der Waals surface area contributed by atoms with Gasteiger partial charge in [0, 0.05) is 22.4 Å². The van der Waals surface area contributed by atoms with E-state index in [9.17, 15) is 8.42 Å². The molecule has 1 heterocycles. The molecular formula is C14H15BrN2O2S2. The van der Waals surface area contributed by atoms with Crippen molar-refractivity contribution in [2.24, 2.45) is 0 Å². The van der Waals surface area contributed by atoms with Crippen LogP contribution >= 0.6 is 27.3 Å². The summed E-state index contributed by atoms with van der Waals surface area (Å²) in [6.07, 6.45) is 2.47. The van der Waals surface area contributed by atoms with E-state index in [0.717, 1.165) is 12.1 Å². The fraction of sp³-hybridized carbons (Fsp3) is 0.286. The minimum Gasteiger partial charge on any atom is -0.310 e. The van der Waals surface area contributed by atoms with Crippen molar-refractivity contribution >= 4 is 43.0 Å². The maximum Gasteiger partial charge on any atom is 0.263 e. The SMILES string of the molecule is O=S(=O)(Nc1ccsc1)c1ccc(CNC2CC2)cc1Br. The molecule has 21 heavy (non-hydrogen) atoms. The topological polar surface area (TPSA) is 58.2 Å². The summed E-state index contributed by atoms with van der Waals surface area (Å²) in [5.41, 5.74) is 1.66. The number of halogens is 1. The van der Waals surface area contributed by atoms with Crippen molar-refractivity contribution in [3.63, 3.8) is 0 Å². The fourth-order valence-corrected chi connectivity index (χ4v) is 4.79. The molecule has 2 aromatic rings. The molecule has 0 radical (unpaired) electrons. The predicted octanol–water partition coefficient (Wildman–Crippen LogP) is 3.56. The second-order valence-corrected chi connectivity index (χ2v) is 8.32. The van der Waals surface area contributed by atoms with E-state index in [0.29, 0.717) is 16.2 Å². The Balaban J connectivity index is 1.77. The van der Waals surface area contributed by atoms with Crippen molar-refractivity contribution in [3.05, 3.63) is 45.1 Å². The summed E-state index contributed by atoms with van der Waals surface area (Å²) in [5, 5.41) is 7.01. The summed E-state index contributed by atoms with van der Waals surface area (Å²) in [6.45, 7) is 0.765. The highest BCUT2D eigenvalue weighted by Gasteiger charge is 2.21. The number of benzene rings is 1. The first-order chi connectivity index (χ1) is 10.0. The van der Waals surface area contributed by atoms with Gasteiger partial charge in [-0.2, -0.15) is 11.3 Å². The molecule has 4 nitrogen and oxygen atoms in total. The largest absolute Gasteiger partial charge is 0.310 e. The summed E-state index contributed by atoms with van der Waals surface area (Å²) in [5.74, 6) is 0. The first-order valence-corrected chi connectivity index (χ1v) is 9.83. The predicted molar refractivity (Wildman–Crippen MR) is 89.1 cm³/mol. The summed E-state index contributed by atoms with van der Waals surface area (Å²) in [7, 11) is -3.56. The Bertz CT molecular complexity index is 725. The van der Waals surface area contributed by atoms with E-state index in [1.807, 2.05) is 17.5 Å². The molecule has 0 saturated heterocycles. The van der Waals surface area contributed by atoms with Crippen LogP contribution in [0.3, 0.4) is 0 Å². The molecule has 112 valence electrons. The van der Waals surface area contributed by atoms with Gasteiger partial charge in [-0.15, -0.1) is 0 Å². The fourth-order valence-electron chi connectivity index (χ4n) is 1.95. The molecule has 2 N–H and O–H groups in total. The van der Waals surface area contributed by atoms with Crippen LogP contribution in [-0.4, -0.2) is 14.5 Å². The van der Waals surface area contributed by atoms with Gasteiger partial charge in [-0.3, -0.25) is 4.72 Å². The molecular weight excluding hydrogens is 372 g/mol. The lowest BCUT2D eigenvalue weighted by Gasteiger charge is -2.10. The van der Waals surface area contributed by atoms with Gasteiger partial charge in [0.25, 0.3) is 10.0 Å². The van der Waals surface area contributed by atoms with Gasteiger partial charge in [0.15, 0.2) is 0 Å². The highest BCUT2D eigenvalue weighted by molar-refractivity contribution is 9.10. The Morgan fingerprint density at radius 1 is 1.29 bits per heavy atom. The van der Waals surface area contributed by atoms with Crippen molar-refractivity contribution in [1.29, 1.82) is 0 Å². The van der Waals surface area contributed by atoms with Crippen molar-refractivity contribution in [3.8, 4) is 0 Å². The van der Waals surface area contributed by atoms with E-state index in [-0.39, 0.29) is 4.90 Å². The van der Waals surface area contributed by atoms with Crippen molar-refractivity contribution < 1.29 is 8.42 Å². The zero-order valence-electron chi connectivity index (χ0n) is 11.2. The summed E-state index contributed by atoms with van der Waals surface area (Å²) < 4.78 is 27.9. The van der Waals surface area contributed by atoms with Gasteiger partial charge in [0.05, 0.1) is 5.69 Å². The number of hydrogen-bond acceptors (Lipinski definition) is 4. The number of nitrogens with one attached hydrogen (secondary N) is 2. The smallest absolute Gasteiger partial charge is 0.263 e. The third-order valence-electron chi connectivity index (χ3n) is 3.23. The highest BCUT2D eigenvalue weighted by atomic mass is 79.9. The maximum atomic E-state index is 12.4. The number of anilines is 1. The third-order valence-corrected chi connectivity index (χ3v) is 6.27. The molecule has 0 bridgehead atoms. The lowest BCUT2D eigenvalue weighted by Crippen LogP contribution is -2.16. The van der Waals surface area contributed by atoms with Gasteiger partial charge in [-0.25, -0.2) is 8.42 Å². The lowest BCUT2D eigenvalue weighted by molar-refractivity contribution is 0.600. The number of sulfonamides is 1. The van der Waals surface area contributed by atoms with Crippen molar-refractivity contribution in [1.82, 2.24) is 5.32 Å². The zero-order valence-corrected chi connectivity index (χ0v) is 14.4. The number of rotatable bonds is 6. The summed E-state index contributed by atoms with van der Waals surface area (Å²) >= 11 is 4.82. The molecule has 1 aromatic heterocycles. The van der Waals surface area contributed by atoms with E-state index >= 15 is 0 Å². The Kier molecular flexibility index (Phi) is 4.35. The van der Waals surface area contributed by atoms with Gasteiger partial charge >= 0.3 is 0 Å². The van der Waals surface area contributed by atoms with E-state index in [1.54, 1.807) is 17.5 Å². The van der Waals surface area contributed by atoms with Gasteiger partial charge in [0.1, 0.15) is 4.90 Å². The van der Waals surface area contributed by atoms with Crippen molar-refractivity contribution in [2.75, 3.05) is 4.72 Å². The van der Waals surface area contributed by atoms with Gasteiger partial charge in [0.2, 0.25) is 0 Å². The molecule has 1 aromatic carbocycles. The number of thiophene rings is 1.